The topological polar surface area (TPSA) is 43.4 Å². The van der Waals surface area contributed by atoms with E-state index in [4.69, 9.17) is 0 Å². The van der Waals surface area contributed by atoms with Crippen LogP contribution in [0.3, 0.4) is 0 Å². The highest BCUT2D eigenvalue weighted by Gasteiger charge is 2.48. The standard InChI is InChI=1S/C9H14F4O3S/c10-6-8(4-2-1-3-5-8)7-16-17(14,15)9(11,12)13/h1-7H2. The molecule has 0 atom stereocenters. The van der Waals surface area contributed by atoms with E-state index in [1.165, 1.54) is 0 Å². The van der Waals surface area contributed by atoms with Crippen molar-refractivity contribution in [2.45, 2.75) is 37.6 Å². The van der Waals surface area contributed by atoms with E-state index in [-0.39, 0.29) is 0 Å². The summed E-state index contributed by atoms with van der Waals surface area (Å²) in [7, 11) is -5.61. The van der Waals surface area contributed by atoms with Crippen molar-refractivity contribution in [1.82, 2.24) is 0 Å². The second-order valence-corrected chi connectivity index (χ2v) is 5.96. The number of hydrogen-bond acceptors (Lipinski definition) is 3. The zero-order valence-corrected chi connectivity index (χ0v) is 9.91. The zero-order valence-electron chi connectivity index (χ0n) is 9.09. The molecule has 0 aromatic carbocycles. The Morgan fingerprint density at radius 1 is 1.12 bits per heavy atom. The van der Waals surface area contributed by atoms with E-state index in [0.29, 0.717) is 25.7 Å². The second-order valence-electron chi connectivity index (χ2n) is 4.36. The van der Waals surface area contributed by atoms with Crippen molar-refractivity contribution in [3.63, 3.8) is 0 Å². The molecule has 0 amide bonds. The summed E-state index contributed by atoms with van der Waals surface area (Å²) < 4.78 is 74.2. The molecule has 0 heterocycles. The van der Waals surface area contributed by atoms with E-state index in [2.05, 4.69) is 4.18 Å². The quantitative estimate of drug-likeness (QED) is 0.451. The fraction of sp³-hybridized carbons (Fsp3) is 1.00. The molecule has 1 saturated carbocycles. The number of rotatable bonds is 4. The van der Waals surface area contributed by atoms with Gasteiger partial charge in [0.1, 0.15) is 0 Å². The highest BCUT2D eigenvalue weighted by molar-refractivity contribution is 7.87. The molecule has 1 rings (SSSR count). The van der Waals surface area contributed by atoms with Crippen LogP contribution in [0.1, 0.15) is 32.1 Å². The lowest BCUT2D eigenvalue weighted by Gasteiger charge is -2.33. The van der Waals surface area contributed by atoms with Gasteiger partial charge in [-0.1, -0.05) is 19.3 Å². The number of hydrogen-bond donors (Lipinski definition) is 0. The van der Waals surface area contributed by atoms with Crippen molar-refractivity contribution in [3.05, 3.63) is 0 Å². The minimum absolute atomic E-state index is 0.358. The maximum atomic E-state index is 12.8. The van der Waals surface area contributed by atoms with Gasteiger partial charge in [-0.3, -0.25) is 8.57 Å². The van der Waals surface area contributed by atoms with Crippen LogP contribution in [-0.4, -0.2) is 27.2 Å². The van der Waals surface area contributed by atoms with Gasteiger partial charge in [0, 0.05) is 5.41 Å². The summed E-state index contributed by atoms with van der Waals surface area (Å²) in [6.07, 6.45) is 2.96. The Hall–Kier alpha value is -0.370. The van der Waals surface area contributed by atoms with E-state index in [0.717, 1.165) is 6.42 Å². The minimum atomic E-state index is -5.61. The fourth-order valence-corrected chi connectivity index (χ4v) is 2.43. The number of alkyl halides is 4. The SMILES string of the molecule is O=S(=O)(OCC1(CF)CCCCC1)C(F)(F)F. The lowest BCUT2D eigenvalue weighted by molar-refractivity contribution is -0.0584. The maximum Gasteiger partial charge on any atom is 0.523 e. The molecule has 0 N–H and O–H groups in total. The van der Waals surface area contributed by atoms with Gasteiger partial charge < -0.3 is 0 Å². The van der Waals surface area contributed by atoms with Crippen LogP contribution in [0.25, 0.3) is 0 Å². The van der Waals surface area contributed by atoms with Gasteiger partial charge in [-0.25, -0.2) is 0 Å². The Morgan fingerprint density at radius 2 is 1.65 bits per heavy atom. The second kappa shape index (κ2) is 5.09. The van der Waals surface area contributed by atoms with Crippen LogP contribution >= 0.6 is 0 Å². The molecule has 102 valence electrons. The van der Waals surface area contributed by atoms with E-state index >= 15 is 0 Å². The van der Waals surface area contributed by atoms with Crippen LogP contribution in [-0.2, 0) is 14.3 Å². The van der Waals surface area contributed by atoms with Crippen molar-refractivity contribution in [3.8, 4) is 0 Å². The Bertz CT molecular complexity index is 344. The van der Waals surface area contributed by atoms with Crippen molar-refractivity contribution in [2.24, 2.45) is 5.41 Å². The summed E-state index contributed by atoms with van der Waals surface area (Å²) >= 11 is 0. The fourth-order valence-electron chi connectivity index (χ4n) is 1.89. The highest BCUT2D eigenvalue weighted by atomic mass is 32.2. The summed E-state index contributed by atoms with van der Waals surface area (Å²) in [6.45, 7) is -1.59. The highest BCUT2D eigenvalue weighted by Crippen LogP contribution is 2.38. The van der Waals surface area contributed by atoms with E-state index in [9.17, 15) is 26.0 Å². The first-order valence-electron chi connectivity index (χ1n) is 5.24. The van der Waals surface area contributed by atoms with E-state index in [1.54, 1.807) is 0 Å². The predicted octanol–water partition coefficient (Wildman–Crippen LogP) is 2.77. The molecular weight excluding hydrogens is 264 g/mol. The van der Waals surface area contributed by atoms with Crippen molar-refractivity contribution < 1.29 is 30.2 Å². The average Bonchev–Trinajstić information content (AvgIpc) is 2.26. The molecule has 0 aliphatic heterocycles. The maximum absolute atomic E-state index is 12.8. The van der Waals surface area contributed by atoms with E-state index < -0.39 is 34.3 Å². The molecule has 1 aliphatic rings. The zero-order chi connectivity index (χ0) is 13.2. The summed E-state index contributed by atoms with van der Waals surface area (Å²) in [6, 6.07) is 0. The van der Waals surface area contributed by atoms with Crippen LogP contribution in [0.2, 0.25) is 0 Å². The first-order valence-corrected chi connectivity index (χ1v) is 6.65. The van der Waals surface area contributed by atoms with Crippen molar-refractivity contribution in [2.75, 3.05) is 13.3 Å². The lowest BCUT2D eigenvalue weighted by Crippen LogP contribution is -2.36. The molecule has 0 spiro atoms. The van der Waals surface area contributed by atoms with Gasteiger partial charge in [-0.05, 0) is 12.8 Å². The number of halogens is 4. The van der Waals surface area contributed by atoms with Crippen LogP contribution in [0.5, 0.6) is 0 Å². The van der Waals surface area contributed by atoms with Gasteiger partial charge in [0.25, 0.3) is 0 Å². The van der Waals surface area contributed by atoms with Gasteiger partial charge in [-0.15, -0.1) is 0 Å². The van der Waals surface area contributed by atoms with Crippen molar-refractivity contribution in [1.29, 1.82) is 0 Å². The summed E-state index contributed by atoms with van der Waals surface area (Å²) in [5.74, 6) is 0. The van der Waals surface area contributed by atoms with Crippen LogP contribution in [0, 0.1) is 5.41 Å². The van der Waals surface area contributed by atoms with Gasteiger partial charge in [-0.2, -0.15) is 21.6 Å². The Kier molecular flexibility index (Phi) is 4.40. The van der Waals surface area contributed by atoms with Gasteiger partial charge in [0.05, 0.1) is 13.3 Å². The van der Waals surface area contributed by atoms with Gasteiger partial charge >= 0.3 is 15.6 Å². The Morgan fingerprint density at radius 3 is 2.06 bits per heavy atom. The summed E-state index contributed by atoms with van der Waals surface area (Å²) in [5, 5.41) is 0. The lowest BCUT2D eigenvalue weighted by atomic mass is 9.76. The first-order chi connectivity index (χ1) is 7.72. The molecular formula is C9H14F4O3S. The molecule has 0 bridgehead atoms. The minimum Gasteiger partial charge on any atom is -0.262 e. The van der Waals surface area contributed by atoms with Crippen LogP contribution in [0.15, 0.2) is 0 Å². The van der Waals surface area contributed by atoms with Gasteiger partial charge in [0.2, 0.25) is 0 Å². The molecule has 1 aliphatic carbocycles. The molecule has 1 fully saturated rings. The normalized spacial score (nSPS) is 21.4. The van der Waals surface area contributed by atoms with Crippen LogP contribution < -0.4 is 0 Å². The molecule has 0 aromatic heterocycles. The predicted molar refractivity (Wildman–Crippen MR) is 52.4 cm³/mol. The molecule has 0 saturated heterocycles. The molecule has 8 heteroatoms. The van der Waals surface area contributed by atoms with E-state index in [1.807, 2.05) is 0 Å². The molecule has 0 radical (unpaired) electrons. The third-order valence-corrected chi connectivity index (χ3v) is 4.00. The summed E-state index contributed by atoms with van der Waals surface area (Å²) in [4.78, 5) is 0. The van der Waals surface area contributed by atoms with Crippen molar-refractivity contribution >= 4 is 10.1 Å². The third-order valence-electron chi connectivity index (χ3n) is 3.00. The molecule has 0 unspecified atom stereocenters. The van der Waals surface area contributed by atoms with Crippen LogP contribution in [0.4, 0.5) is 17.6 Å². The van der Waals surface area contributed by atoms with Gasteiger partial charge in [0.15, 0.2) is 0 Å². The Balaban J connectivity index is 2.65. The molecule has 0 aromatic rings. The Labute approximate surface area is 97.3 Å². The smallest absolute Gasteiger partial charge is 0.262 e. The molecule has 17 heavy (non-hydrogen) atoms. The monoisotopic (exact) mass is 278 g/mol. The summed E-state index contributed by atoms with van der Waals surface area (Å²) in [5.41, 5.74) is -6.52. The first kappa shape index (κ1) is 14.7. The molecule has 3 nitrogen and oxygen atoms in total. The largest absolute Gasteiger partial charge is 0.523 e. The third kappa shape index (κ3) is 3.54. The average molecular weight is 278 g/mol.